The fraction of sp³-hybridized carbons (Fsp3) is 0.278. The second-order valence-electron chi connectivity index (χ2n) is 5.74. The maximum absolute atomic E-state index is 12.3. The number of hydrogen-bond acceptors (Lipinski definition) is 4. The molecule has 2 amide bonds. The van der Waals surface area contributed by atoms with Gasteiger partial charge in [-0.25, -0.2) is 9.78 Å². The molecule has 0 bridgehead atoms. The molecular weight excluding hydrogens is 338 g/mol. The Morgan fingerprint density at radius 1 is 1.20 bits per heavy atom. The van der Waals surface area contributed by atoms with Crippen molar-refractivity contribution in [2.45, 2.75) is 6.54 Å². The van der Waals surface area contributed by atoms with Crippen molar-refractivity contribution in [3.05, 3.63) is 58.7 Å². The van der Waals surface area contributed by atoms with E-state index in [2.05, 4.69) is 21.3 Å². The van der Waals surface area contributed by atoms with E-state index in [0.717, 1.165) is 11.4 Å². The molecule has 2 heterocycles. The van der Waals surface area contributed by atoms with Crippen LogP contribution in [0.1, 0.15) is 11.1 Å². The Labute approximate surface area is 151 Å². The zero-order valence-corrected chi connectivity index (χ0v) is 14.4. The third-order valence-corrected chi connectivity index (χ3v) is 4.52. The normalized spacial score (nSPS) is 14.1. The summed E-state index contributed by atoms with van der Waals surface area (Å²) in [5, 5.41) is 12.4. The molecule has 1 aliphatic rings. The van der Waals surface area contributed by atoms with Gasteiger partial charge in [-0.15, -0.1) is 0 Å². The van der Waals surface area contributed by atoms with Crippen molar-refractivity contribution in [2.24, 2.45) is 0 Å². The van der Waals surface area contributed by atoms with Gasteiger partial charge in [-0.05, 0) is 23.8 Å². The molecule has 1 aromatic carbocycles. The van der Waals surface area contributed by atoms with Crippen molar-refractivity contribution in [2.75, 3.05) is 31.1 Å². The Morgan fingerprint density at radius 3 is 2.60 bits per heavy atom. The lowest BCUT2D eigenvalue weighted by Gasteiger charge is -2.35. The minimum absolute atomic E-state index is 0.0904. The number of nitrogens with one attached hydrogen (secondary N) is 1. The Hall–Kier alpha value is -2.78. The van der Waals surface area contributed by atoms with E-state index in [-0.39, 0.29) is 6.03 Å². The molecule has 0 atom stereocenters. The molecule has 7 heteroatoms. The number of piperazine rings is 1. The highest BCUT2D eigenvalue weighted by Crippen LogP contribution is 2.16. The molecule has 6 nitrogen and oxygen atoms in total. The van der Waals surface area contributed by atoms with Crippen LogP contribution >= 0.6 is 11.6 Å². The Morgan fingerprint density at radius 2 is 1.96 bits per heavy atom. The lowest BCUT2D eigenvalue weighted by atomic mass is 10.2. The average molecular weight is 356 g/mol. The number of anilines is 1. The molecule has 25 heavy (non-hydrogen) atoms. The number of rotatable bonds is 3. The quantitative estimate of drug-likeness (QED) is 0.918. The smallest absolute Gasteiger partial charge is 0.317 e. The van der Waals surface area contributed by atoms with Crippen molar-refractivity contribution >= 4 is 23.4 Å². The Bertz CT molecular complexity index is 779. The lowest BCUT2D eigenvalue weighted by Crippen LogP contribution is -2.51. The number of urea groups is 1. The summed E-state index contributed by atoms with van der Waals surface area (Å²) in [7, 11) is 0. The molecule has 0 radical (unpaired) electrons. The van der Waals surface area contributed by atoms with E-state index in [9.17, 15) is 4.79 Å². The van der Waals surface area contributed by atoms with Crippen LogP contribution in [-0.2, 0) is 6.54 Å². The van der Waals surface area contributed by atoms with Crippen LogP contribution in [0.4, 0.5) is 10.6 Å². The molecule has 0 spiro atoms. The van der Waals surface area contributed by atoms with Crippen molar-refractivity contribution in [1.82, 2.24) is 15.2 Å². The average Bonchev–Trinajstić information content (AvgIpc) is 2.67. The SMILES string of the molecule is N#Cc1ccc(N2CCN(C(=O)NCc3ccccc3Cl)CC2)nc1. The van der Waals surface area contributed by atoms with Crippen LogP contribution in [0.3, 0.4) is 0 Å². The highest BCUT2D eigenvalue weighted by Gasteiger charge is 2.21. The van der Waals surface area contributed by atoms with Crippen molar-refractivity contribution in [3.8, 4) is 6.07 Å². The van der Waals surface area contributed by atoms with Crippen LogP contribution in [0.5, 0.6) is 0 Å². The fourth-order valence-electron chi connectivity index (χ4n) is 2.70. The lowest BCUT2D eigenvalue weighted by molar-refractivity contribution is 0.194. The van der Waals surface area contributed by atoms with Gasteiger partial charge in [0, 0.05) is 43.9 Å². The van der Waals surface area contributed by atoms with E-state index in [4.69, 9.17) is 16.9 Å². The number of nitrogens with zero attached hydrogens (tertiary/aromatic N) is 4. The molecule has 1 N–H and O–H groups in total. The molecule has 1 fully saturated rings. The first kappa shape index (κ1) is 17.1. The molecule has 128 valence electrons. The summed E-state index contributed by atoms with van der Waals surface area (Å²) in [6, 6.07) is 13.0. The van der Waals surface area contributed by atoms with E-state index in [1.807, 2.05) is 30.3 Å². The van der Waals surface area contributed by atoms with Crippen molar-refractivity contribution in [3.63, 3.8) is 0 Å². The minimum Gasteiger partial charge on any atom is -0.353 e. The summed E-state index contributed by atoms with van der Waals surface area (Å²) in [5.41, 5.74) is 1.44. The van der Waals surface area contributed by atoms with Gasteiger partial charge >= 0.3 is 6.03 Å². The fourth-order valence-corrected chi connectivity index (χ4v) is 2.90. The highest BCUT2D eigenvalue weighted by molar-refractivity contribution is 6.31. The van der Waals surface area contributed by atoms with Gasteiger partial charge in [-0.3, -0.25) is 0 Å². The molecule has 2 aromatic rings. The zero-order valence-electron chi connectivity index (χ0n) is 13.7. The first-order chi connectivity index (χ1) is 12.2. The first-order valence-corrected chi connectivity index (χ1v) is 8.42. The van der Waals surface area contributed by atoms with Gasteiger partial charge in [0.05, 0.1) is 5.56 Å². The van der Waals surface area contributed by atoms with E-state index in [0.29, 0.717) is 43.3 Å². The first-order valence-electron chi connectivity index (χ1n) is 8.04. The molecule has 0 unspecified atom stereocenters. The van der Waals surface area contributed by atoms with E-state index < -0.39 is 0 Å². The van der Waals surface area contributed by atoms with Gasteiger partial charge in [0.15, 0.2) is 0 Å². The predicted octanol–water partition coefficient (Wildman–Crippen LogP) is 2.64. The van der Waals surface area contributed by atoms with Gasteiger partial charge in [0.2, 0.25) is 0 Å². The number of carbonyl (C=O) groups excluding carboxylic acids is 1. The van der Waals surface area contributed by atoms with Crippen LogP contribution in [0.15, 0.2) is 42.6 Å². The maximum Gasteiger partial charge on any atom is 0.317 e. The van der Waals surface area contributed by atoms with Gasteiger partial charge in [0.1, 0.15) is 11.9 Å². The van der Waals surface area contributed by atoms with Crippen LogP contribution in [0.2, 0.25) is 5.02 Å². The van der Waals surface area contributed by atoms with Crippen LogP contribution in [0, 0.1) is 11.3 Å². The molecule has 1 aliphatic heterocycles. The van der Waals surface area contributed by atoms with Crippen molar-refractivity contribution < 1.29 is 4.79 Å². The predicted molar refractivity (Wildman–Crippen MR) is 96.4 cm³/mol. The van der Waals surface area contributed by atoms with Gasteiger partial charge in [-0.2, -0.15) is 5.26 Å². The maximum atomic E-state index is 12.3. The van der Waals surface area contributed by atoms with Crippen LogP contribution in [0.25, 0.3) is 0 Å². The van der Waals surface area contributed by atoms with E-state index in [1.54, 1.807) is 17.2 Å². The van der Waals surface area contributed by atoms with Gasteiger partial charge in [0.25, 0.3) is 0 Å². The third-order valence-electron chi connectivity index (χ3n) is 4.16. The summed E-state index contributed by atoms with van der Waals surface area (Å²) in [4.78, 5) is 20.5. The second kappa shape index (κ2) is 7.86. The standard InChI is InChI=1S/C18H18ClN5O/c19-16-4-2-1-3-15(16)13-22-18(25)24-9-7-23(8-10-24)17-6-5-14(11-20)12-21-17/h1-6,12H,7-10,13H2,(H,22,25). The molecule has 0 aliphatic carbocycles. The monoisotopic (exact) mass is 355 g/mol. The number of carbonyl (C=O) groups is 1. The number of hydrogen-bond donors (Lipinski definition) is 1. The number of amides is 2. The van der Waals surface area contributed by atoms with Gasteiger partial charge in [-0.1, -0.05) is 29.8 Å². The van der Waals surface area contributed by atoms with E-state index >= 15 is 0 Å². The number of aromatic nitrogens is 1. The zero-order chi connectivity index (χ0) is 17.6. The number of benzene rings is 1. The molecule has 1 aromatic heterocycles. The number of halogens is 1. The van der Waals surface area contributed by atoms with Crippen LogP contribution in [-0.4, -0.2) is 42.1 Å². The van der Waals surface area contributed by atoms with Crippen LogP contribution < -0.4 is 10.2 Å². The molecular formula is C18H18ClN5O. The topological polar surface area (TPSA) is 72.3 Å². The minimum atomic E-state index is -0.0904. The second-order valence-corrected chi connectivity index (χ2v) is 6.15. The summed E-state index contributed by atoms with van der Waals surface area (Å²) in [5.74, 6) is 0.829. The molecule has 1 saturated heterocycles. The summed E-state index contributed by atoms with van der Waals surface area (Å²) in [6.07, 6.45) is 1.57. The number of nitriles is 1. The summed E-state index contributed by atoms with van der Waals surface area (Å²) in [6.45, 7) is 3.07. The highest BCUT2D eigenvalue weighted by atomic mass is 35.5. The number of pyridine rings is 1. The Kier molecular flexibility index (Phi) is 5.36. The summed E-state index contributed by atoms with van der Waals surface area (Å²) >= 11 is 6.10. The summed E-state index contributed by atoms with van der Waals surface area (Å²) < 4.78 is 0. The van der Waals surface area contributed by atoms with Gasteiger partial charge < -0.3 is 15.1 Å². The molecule has 0 saturated carbocycles. The van der Waals surface area contributed by atoms with Crippen molar-refractivity contribution in [1.29, 1.82) is 5.26 Å². The largest absolute Gasteiger partial charge is 0.353 e. The molecule has 3 rings (SSSR count). The van der Waals surface area contributed by atoms with E-state index in [1.165, 1.54) is 0 Å². The third kappa shape index (κ3) is 4.20. The Balaban J connectivity index is 1.50.